The van der Waals surface area contributed by atoms with Gasteiger partial charge < -0.3 is 19.7 Å². The predicted octanol–water partition coefficient (Wildman–Crippen LogP) is 4.40. The summed E-state index contributed by atoms with van der Waals surface area (Å²) in [7, 11) is 0. The number of fused-ring (bicyclic) bond motifs is 3. The van der Waals surface area contributed by atoms with Crippen LogP contribution in [0.4, 0.5) is 0 Å². The van der Waals surface area contributed by atoms with Gasteiger partial charge >= 0.3 is 0 Å². The quantitative estimate of drug-likeness (QED) is 0.530. The van der Waals surface area contributed by atoms with Crippen LogP contribution < -0.4 is 9.47 Å². The summed E-state index contributed by atoms with van der Waals surface area (Å²) in [6.07, 6.45) is 4.05. The monoisotopic (exact) mass is 452 g/mol. The number of carbonyl (C=O) groups is 1. The number of ether oxygens (including phenoxy) is 2. The third-order valence-electron chi connectivity index (χ3n) is 5.90. The zero-order chi connectivity index (χ0) is 23.5. The van der Waals surface area contributed by atoms with Crippen molar-refractivity contribution in [1.82, 2.24) is 0 Å². The van der Waals surface area contributed by atoms with Crippen molar-refractivity contribution in [2.24, 2.45) is 0 Å². The van der Waals surface area contributed by atoms with E-state index in [9.17, 15) is 4.79 Å². The Labute approximate surface area is 197 Å². The SMILES string of the molecule is O=C1C2=Cc3ccccc3C2=CC(c2ccc(OCCO)cc2)=C1c1ccc(OCCO)cc1. The normalized spacial score (nSPS) is 14.4. The third kappa shape index (κ3) is 4.07. The smallest absolute Gasteiger partial charge is 0.194 e. The molecule has 170 valence electrons. The van der Waals surface area contributed by atoms with Crippen molar-refractivity contribution >= 4 is 28.6 Å². The first-order valence-electron chi connectivity index (χ1n) is 11.2. The van der Waals surface area contributed by atoms with Crippen molar-refractivity contribution in [2.45, 2.75) is 0 Å². The molecule has 0 amide bonds. The molecule has 0 saturated heterocycles. The number of benzene rings is 3. The van der Waals surface area contributed by atoms with Gasteiger partial charge in [0, 0.05) is 11.1 Å². The first-order chi connectivity index (χ1) is 16.7. The molecule has 5 heteroatoms. The van der Waals surface area contributed by atoms with Gasteiger partial charge in [0.05, 0.1) is 13.2 Å². The highest BCUT2D eigenvalue weighted by atomic mass is 16.5. The van der Waals surface area contributed by atoms with Gasteiger partial charge in [-0.3, -0.25) is 4.79 Å². The van der Waals surface area contributed by atoms with Crippen LogP contribution in [-0.2, 0) is 4.79 Å². The van der Waals surface area contributed by atoms with E-state index in [2.05, 4.69) is 6.08 Å². The number of rotatable bonds is 8. The Bertz CT molecular complexity index is 1310. The Morgan fingerprint density at radius 1 is 0.647 bits per heavy atom. The fourth-order valence-corrected chi connectivity index (χ4v) is 4.35. The zero-order valence-electron chi connectivity index (χ0n) is 18.5. The number of aliphatic hydroxyl groups excluding tert-OH is 2. The van der Waals surface area contributed by atoms with Gasteiger partial charge in [0.15, 0.2) is 5.78 Å². The predicted molar refractivity (Wildman–Crippen MR) is 132 cm³/mol. The van der Waals surface area contributed by atoms with E-state index < -0.39 is 0 Å². The van der Waals surface area contributed by atoms with Crippen LogP contribution in [0.25, 0.3) is 22.8 Å². The number of aliphatic hydroxyl groups is 2. The summed E-state index contributed by atoms with van der Waals surface area (Å²) in [5.74, 6) is 1.28. The lowest BCUT2D eigenvalue weighted by atomic mass is 9.81. The average Bonchev–Trinajstić information content (AvgIpc) is 3.26. The molecule has 2 aliphatic rings. The van der Waals surface area contributed by atoms with Gasteiger partial charge in [-0.15, -0.1) is 0 Å². The summed E-state index contributed by atoms with van der Waals surface area (Å²) in [5.41, 5.74) is 6.88. The van der Waals surface area contributed by atoms with Crippen LogP contribution in [0.1, 0.15) is 22.3 Å². The van der Waals surface area contributed by atoms with E-state index in [0.29, 0.717) is 22.6 Å². The molecule has 5 rings (SSSR count). The van der Waals surface area contributed by atoms with Gasteiger partial charge in [0.2, 0.25) is 0 Å². The van der Waals surface area contributed by atoms with E-state index in [0.717, 1.165) is 33.4 Å². The van der Waals surface area contributed by atoms with Crippen LogP contribution >= 0.6 is 0 Å². The number of Topliss-reactive ketones (excluding diaryl/α,β-unsaturated/α-hetero) is 1. The van der Waals surface area contributed by atoms with Crippen molar-refractivity contribution in [3.63, 3.8) is 0 Å². The lowest BCUT2D eigenvalue weighted by Gasteiger charge is -2.21. The van der Waals surface area contributed by atoms with Crippen LogP contribution in [-0.4, -0.2) is 42.4 Å². The van der Waals surface area contributed by atoms with Crippen LogP contribution in [0.2, 0.25) is 0 Å². The van der Waals surface area contributed by atoms with Crippen LogP contribution in [0.5, 0.6) is 11.5 Å². The molecule has 5 nitrogen and oxygen atoms in total. The number of hydrogen-bond donors (Lipinski definition) is 2. The molecule has 0 unspecified atom stereocenters. The summed E-state index contributed by atoms with van der Waals surface area (Å²) in [5, 5.41) is 18.0. The van der Waals surface area contributed by atoms with Crippen molar-refractivity contribution < 1.29 is 24.5 Å². The molecule has 0 spiro atoms. The molecule has 0 saturated carbocycles. The maximum absolute atomic E-state index is 13.8. The number of ketones is 1. The van der Waals surface area contributed by atoms with E-state index in [-0.39, 0.29) is 32.2 Å². The summed E-state index contributed by atoms with van der Waals surface area (Å²) in [4.78, 5) is 13.8. The fraction of sp³-hybridized carbons (Fsp3) is 0.138. The highest BCUT2D eigenvalue weighted by molar-refractivity contribution is 6.44. The van der Waals surface area contributed by atoms with Crippen molar-refractivity contribution in [2.75, 3.05) is 26.4 Å². The van der Waals surface area contributed by atoms with Gasteiger partial charge in [-0.05, 0) is 69.8 Å². The first-order valence-corrected chi connectivity index (χ1v) is 11.2. The van der Waals surface area contributed by atoms with E-state index >= 15 is 0 Å². The molecule has 3 aromatic rings. The second kappa shape index (κ2) is 9.51. The molecule has 0 aliphatic heterocycles. The molecule has 0 radical (unpaired) electrons. The largest absolute Gasteiger partial charge is 0.491 e. The van der Waals surface area contributed by atoms with Gasteiger partial charge in [-0.2, -0.15) is 0 Å². The third-order valence-corrected chi connectivity index (χ3v) is 5.90. The molecule has 0 bridgehead atoms. The molecular formula is C29H24O5. The van der Waals surface area contributed by atoms with E-state index in [1.807, 2.05) is 78.9 Å². The summed E-state index contributed by atoms with van der Waals surface area (Å²) in [6.45, 7) is 0.333. The topological polar surface area (TPSA) is 76.0 Å². The van der Waals surface area contributed by atoms with Crippen molar-refractivity contribution in [1.29, 1.82) is 0 Å². The van der Waals surface area contributed by atoms with Crippen molar-refractivity contribution in [3.05, 3.63) is 107 Å². The lowest BCUT2D eigenvalue weighted by Crippen LogP contribution is -2.12. The van der Waals surface area contributed by atoms with Gasteiger partial charge in [0.1, 0.15) is 24.7 Å². The average molecular weight is 453 g/mol. The molecular weight excluding hydrogens is 428 g/mol. The Morgan fingerprint density at radius 2 is 1.24 bits per heavy atom. The Morgan fingerprint density at radius 3 is 1.85 bits per heavy atom. The van der Waals surface area contributed by atoms with E-state index in [1.54, 1.807) is 0 Å². The first kappa shape index (κ1) is 21.9. The van der Waals surface area contributed by atoms with Crippen LogP contribution in [0.3, 0.4) is 0 Å². The summed E-state index contributed by atoms with van der Waals surface area (Å²) >= 11 is 0. The number of hydrogen-bond acceptors (Lipinski definition) is 5. The number of carbonyl (C=O) groups excluding carboxylic acids is 1. The Hall–Kier alpha value is -3.93. The number of allylic oxidation sites excluding steroid dienone is 5. The van der Waals surface area contributed by atoms with Gasteiger partial charge in [0.25, 0.3) is 0 Å². The molecule has 34 heavy (non-hydrogen) atoms. The van der Waals surface area contributed by atoms with E-state index in [4.69, 9.17) is 19.7 Å². The highest BCUT2D eigenvalue weighted by Crippen LogP contribution is 2.46. The van der Waals surface area contributed by atoms with Gasteiger partial charge in [-0.25, -0.2) is 0 Å². The molecule has 0 atom stereocenters. The molecule has 2 N–H and O–H groups in total. The summed E-state index contributed by atoms with van der Waals surface area (Å²) in [6, 6.07) is 23.0. The van der Waals surface area contributed by atoms with Crippen LogP contribution in [0, 0.1) is 0 Å². The maximum atomic E-state index is 13.8. The summed E-state index contributed by atoms with van der Waals surface area (Å²) < 4.78 is 11.0. The Balaban J connectivity index is 1.62. The van der Waals surface area contributed by atoms with E-state index in [1.165, 1.54) is 0 Å². The zero-order valence-corrected chi connectivity index (χ0v) is 18.5. The molecule has 0 heterocycles. The lowest BCUT2D eigenvalue weighted by molar-refractivity contribution is -0.110. The minimum Gasteiger partial charge on any atom is -0.491 e. The molecule has 0 fully saturated rings. The minimum absolute atomic E-state index is 0.0201. The maximum Gasteiger partial charge on any atom is 0.194 e. The fourth-order valence-electron chi connectivity index (χ4n) is 4.35. The van der Waals surface area contributed by atoms with Gasteiger partial charge in [-0.1, -0.05) is 48.5 Å². The molecule has 3 aromatic carbocycles. The van der Waals surface area contributed by atoms with Crippen LogP contribution in [0.15, 0.2) is 84.4 Å². The molecule has 0 aromatic heterocycles. The standard InChI is InChI=1S/C29H24O5/c30-13-15-33-22-9-5-19(6-10-22)25-18-26-24-4-2-1-3-21(24)17-27(26)29(32)28(25)20-7-11-23(12-8-20)34-16-14-31/h1-12,17-18,30-31H,13-16H2. The highest BCUT2D eigenvalue weighted by Gasteiger charge is 2.32. The van der Waals surface area contributed by atoms with Crippen molar-refractivity contribution in [3.8, 4) is 11.5 Å². The second-order valence-electron chi connectivity index (χ2n) is 8.01. The minimum atomic E-state index is -0.0597. The molecule has 2 aliphatic carbocycles. The Kier molecular flexibility index (Phi) is 6.12. The second-order valence-corrected chi connectivity index (χ2v) is 8.01.